The first kappa shape index (κ1) is 20.3. The molecule has 1 aromatic rings. The summed E-state index contributed by atoms with van der Waals surface area (Å²) in [7, 11) is -3.25. The number of carbonyl (C=O) groups excluding carboxylic acids is 1. The molecule has 1 amide bonds. The summed E-state index contributed by atoms with van der Waals surface area (Å²) in [4.78, 5) is 12.7. The highest BCUT2D eigenvalue weighted by Crippen LogP contribution is 2.37. The van der Waals surface area contributed by atoms with Gasteiger partial charge >= 0.3 is 0 Å². The Morgan fingerprint density at radius 2 is 1.78 bits per heavy atom. The maximum Gasteiger partial charge on any atom is 0.227 e. The molecular formula is C21H32N2O3S. The minimum atomic E-state index is -3.25. The van der Waals surface area contributed by atoms with E-state index in [1.54, 1.807) is 13.8 Å². The summed E-state index contributed by atoms with van der Waals surface area (Å²) < 4.78 is 26.8. The van der Waals surface area contributed by atoms with Crippen LogP contribution in [0.3, 0.4) is 0 Å². The van der Waals surface area contributed by atoms with Gasteiger partial charge < -0.3 is 5.32 Å². The average Bonchev–Trinajstić information content (AvgIpc) is 2.96. The molecular weight excluding hydrogens is 360 g/mol. The van der Waals surface area contributed by atoms with Gasteiger partial charge in [-0.15, -0.1) is 0 Å². The van der Waals surface area contributed by atoms with Gasteiger partial charge in [0.1, 0.15) is 0 Å². The Labute approximate surface area is 163 Å². The van der Waals surface area contributed by atoms with Crippen LogP contribution in [-0.4, -0.2) is 25.6 Å². The molecule has 1 fully saturated rings. The van der Waals surface area contributed by atoms with Gasteiger partial charge in [-0.25, -0.2) is 13.1 Å². The first-order valence-electron chi connectivity index (χ1n) is 10.1. The van der Waals surface area contributed by atoms with Crippen molar-refractivity contribution in [1.29, 1.82) is 0 Å². The summed E-state index contributed by atoms with van der Waals surface area (Å²) >= 11 is 0. The number of hydrogen-bond acceptors (Lipinski definition) is 3. The molecule has 1 saturated carbocycles. The summed E-state index contributed by atoms with van der Waals surface area (Å²) in [6.07, 6.45) is 5.14. The monoisotopic (exact) mass is 392 g/mol. The van der Waals surface area contributed by atoms with Crippen molar-refractivity contribution in [2.45, 2.75) is 83.4 Å². The van der Waals surface area contributed by atoms with Gasteiger partial charge in [0.25, 0.3) is 0 Å². The van der Waals surface area contributed by atoms with Gasteiger partial charge in [-0.3, -0.25) is 4.79 Å². The Hall–Kier alpha value is -1.40. The second-order valence-corrected chi connectivity index (χ2v) is 10.8. The van der Waals surface area contributed by atoms with E-state index >= 15 is 0 Å². The van der Waals surface area contributed by atoms with Crippen molar-refractivity contribution in [3.8, 4) is 0 Å². The molecule has 2 aliphatic carbocycles. The number of amides is 1. The topological polar surface area (TPSA) is 75.3 Å². The quantitative estimate of drug-likeness (QED) is 0.799. The van der Waals surface area contributed by atoms with Crippen molar-refractivity contribution >= 4 is 21.6 Å². The highest BCUT2D eigenvalue weighted by molar-refractivity contribution is 7.90. The first-order chi connectivity index (χ1) is 12.7. The number of carbonyl (C=O) groups is 1. The molecule has 2 N–H and O–H groups in total. The molecule has 1 aromatic carbocycles. The number of aryl methyl sites for hydroxylation is 2. The number of nitrogens with one attached hydrogen (secondary N) is 2. The van der Waals surface area contributed by atoms with E-state index in [9.17, 15) is 13.2 Å². The molecule has 0 radical (unpaired) electrons. The van der Waals surface area contributed by atoms with Crippen LogP contribution in [-0.2, 0) is 21.2 Å². The molecule has 1 unspecified atom stereocenters. The molecule has 2 aliphatic rings. The lowest BCUT2D eigenvalue weighted by atomic mass is 9.86. The van der Waals surface area contributed by atoms with Crippen molar-refractivity contribution in [1.82, 2.24) is 4.72 Å². The zero-order valence-electron chi connectivity index (χ0n) is 16.8. The minimum absolute atomic E-state index is 0.0442. The maximum atomic E-state index is 12.7. The summed E-state index contributed by atoms with van der Waals surface area (Å²) in [6.45, 7) is 7.76. The minimum Gasteiger partial charge on any atom is -0.326 e. The third kappa shape index (κ3) is 4.54. The van der Waals surface area contributed by atoms with E-state index in [0.29, 0.717) is 18.8 Å². The molecule has 0 spiro atoms. The van der Waals surface area contributed by atoms with Gasteiger partial charge in [0.15, 0.2) is 0 Å². The van der Waals surface area contributed by atoms with Crippen LogP contribution in [0.4, 0.5) is 5.69 Å². The van der Waals surface area contributed by atoms with Crippen molar-refractivity contribution in [2.24, 2.45) is 5.92 Å². The zero-order valence-corrected chi connectivity index (χ0v) is 17.7. The molecule has 5 nitrogen and oxygen atoms in total. The molecule has 150 valence electrons. The third-order valence-corrected chi connectivity index (χ3v) is 8.03. The lowest BCUT2D eigenvalue weighted by molar-refractivity contribution is -0.120. The summed E-state index contributed by atoms with van der Waals surface area (Å²) in [5.41, 5.74) is 4.98. The number of fused-ring (bicyclic) bond motifs is 1. The molecule has 3 rings (SSSR count). The van der Waals surface area contributed by atoms with Gasteiger partial charge in [0.2, 0.25) is 15.9 Å². The Bertz CT molecular complexity index is 809. The zero-order chi connectivity index (χ0) is 19.8. The number of sulfonamides is 1. The fraction of sp³-hybridized carbons (Fsp3) is 0.667. The number of benzene rings is 1. The van der Waals surface area contributed by atoms with Gasteiger partial charge in [0.05, 0.1) is 5.25 Å². The van der Waals surface area contributed by atoms with Gasteiger partial charge in [-0.05, 0) is 94.0 Å². The van der Waals surface area contributed by atoms with Crippen LogP contribution in [0.1, 0.15) is 75.5 Å². The molecule has 1 atom stereocenters. The van der Waals surface area contributed by atoms with Crippen LogP contribution >= 0.6 is 0 Å². The lowest BCUT2D eigenvalue weighted by Gasteiger charge is -2.29. The van der Waals surface area contributed by atoms with Crippen LogP contribution in [0.2, 0.25) is 0 Å². The predicted molar refractivity (Wildman–Crippen MR) is 109 cm³/mol. The lowest BCUT2D eigenvalue weighted by Crippen LogP contribution is -2.42. The van der Waals surface area contributed by atoms with E-state index in [0.717, 1.165) is 24.9 Å². The van der Waals surface area contributed by atoms with E-state index in [1.807, 2.05) is 0 Å². The number of hydrogen-bond donors (Lipinski definition) is 2. The van der Waals surface area contributed by atoms with E-state index in [-0.39, 0.29) is 17.9 Å². The SMILES string of the molecule is Cc1cc(NC(=O)C2CCC(NS(=O)(=O)C(C)C)CC2)cc2c1C(C)CC2. The average molecular weight is 393 g/mol. The Morgan fingerprint density at radius 1 is 1.11 bits per heavy atom. The second kappa shape index (κ2) is 7.92. The van der Waals surface area contributed by atoms with Crippen LogP contribution < -0.4 is 10.0 Å². The Kier molecular flexibility index (Phi) is 5.96. The first-order valence-corrected chi connectivity index (χ1v) is 11.7. The van der Waals surface area contributed by atoms with Gasteiger partial charge in [-0.1, -0.05) is 6.92 Å². The maximum absolute atomic E-state index is 12.7. The van der Waals surface area contributed by atoms with Gasteiger partial charge in [-0.2, -0.15) is 0 Å². The Morgan fingerprint density at radius 3 is 2.41 bits per heavy atom. The molecule has 0 heterocycles. The fourth-order valence-corrected chi connectivity index (χ4v) is 5.43. The molecule has 0 aromatic heterocycles. The highest BCUT2D eigenvalue weighted by atomic mass is 32.2. The molecule has 0 saturated heterocycles. The predicted octanol–water partition coefficient (Wildman–Crippen LogP) is 3.87. The largest absolute Gasteiger partial charge is 0.326 e. The third-order valence-electron chi connectivity index (χ3n) is 6.13. The summed E-state index contributed by atoms with van der Waals surface area (Å²) in [5, 5.41) is 2.67. The van der Waals surface area contributed by atoms with E-state index < -0.39 is 15.3 Å². The van der Waals surface area contributed by atoms with Gasteiger partial charge in [0, 0.05) is 17.6 Å². The second-order valence-electron chi connectivity index (χ2n) is 8.56. The van der Waals surface area contributed by atoms with Crippen LogP contribution in [0.5, 0.6) is 0 Å². The normalized spacial score (nSPS) is 25.4. The van der Waals surface area contributed by atoms with E-state index in [1.165, 1.54) is 23.1 Å². The molecule has 0 aliphatic heterocycles. The van der Waals surface area contributed by atoms with Crippen LogP contribution in [0.15, 0.2) is 12.1 Å². The Balaban J connectivity index is 1.57. The summed E-state index contributed by atoms with van der Waals surface area (Å²) in [5.74, 6) is 0.623. The van der Waals surface area contributed by atoms with E-state index in [2.05, 4.69) is 36.0 Å². The van der Waals surface area contributed by atoms with Crippen molar-refractivity contribution in [3.63, 3.8) is 0 Å². The molecule has 27 heavy (non-hydrogen) atoms. The number of rotatable bonds is 5. The van der Waals surface area contributed by atoms with E-state index in [4.69, 9.17) is 0 Å². The van der Waals surface area contributed by atoms with Crippen molar-refractivity contribution < 1.29 is 13.2 Å². The molecule has 6 heteroatoms. The molecule has 0 bridgehead atoms. The highest BCUT2D eigenvalue weighted by Gasteiger charge is 2.30. The summed E-state index contributed by atoms with van der Waals surface area (Å²) in [6, 6.07) is 4.16. The van der Waals surface area contributed by atoms with Crippen LogP contribution in [0, 0.1) is 12.8 Å². The van der Waals surface area contributed by atoms with Crippen LogP contribution in [0.25, 0.3) is 0 Å². The smallest absolute Gasteiger partial charge is 0.227 e. The fourth-order valence-electron chi connectivity index (χ4n) is 4.46. The van der Waals surface area contributed by atoms with Crippen molar-refractivity contribution in [3.05, 3.63) is 28.8 Å². The van der Waals surface area contributed by atoms with Crippen molar-refractivity contribution in [2.75, 3.05) is 5.32 Å². The number of anilines is 1. The standard InChI is InChI=1S/C21H32N2O3S/c1-13(2)27(25,26)23-18-9-7-16(8-10-18)21(24)22-19-11-15(4)20-14(3)5-6-17(20)12-19/h11-14,16,18,23H,5-10H2,1-4H3,(H,22,24).